The third kappa shape index (κ3) is 3.78. The number of benzene rings is 1. The lowest BCUT2D eigenvalue weighted by molar-refractivity contribution is 0.321. The number of hydrogen-bond acceptors (Lipinski definition) is 4. The van der Waals surface area contributed by atoms with Crippen LogP contribution in [0.25, 0.3) is 0 Å². The van der Waals surface area contributed by atoms with Gasteiger partial charge in [0.2, 0.25) is 0 Å². The fourth-order valence-electron chi connectivity index (χ4n) is 1.90. The molecule has 0 unspecified atom stereocenters. The van der Waals surface area contributed by atoms with Crippen LogP contribution in [0.5, 0.6) is 5.75 Å². The van der Waals surface area contributed by atoms with Gasteiger partial charge in [0.25, 0.3) is 0 Å². The van der Waals surface area contributed by atoms with Crippen molar-refractivity contribution in [3.63, 3.8) is 0 Å². The molecular weight excluding hydrogens is 256 g/mol. The Labute approximate surface area is 118 Å². The molecular formula is C15H20N2OS. The lowest BCUT2D eigenvalue weighted by atomic mass is 10.2. The number of aryl methyl sites for hydroxylation is 2. The Morgan fingerprint density at radius 2 is 2.21 bits per heavy atom. The van der Waals surface area contributed by atoms with Crippen molar-refractivity contribution in [3.8, 4) is 5.75 Å². The van der Waals surface area contributed by atoms with E-state index < -0.39 is 0 Å². The van der Waals surface area contributed by atoms with E-state index >= 15 is 0 Å². The average Bonchev–Trinajstić information content (AvgIpc) is 2.79. The molecule has 1 aromatic heterocycles. The van der Waals surface area contributed by atoms with Crippen LogP contribution in [-0.2, 0) is 19.4 Å². The Morgan fingerprint density at radius 3 is 2.89 bits per heavy atom. The first-order chi connectivity index (χ1) is 9.22. The van der Waals surface area contributed by atoms with Crippen LogP contribution in [0.4, 0.5) is 0 Å². The first-order valence-electron chi connectivity index (χ1n) is 6.60. The minimum atomic E-state index is 0.572. The summed E-state index contributed by atoms with van der Waals surface area (Å²) in [5.41, 5.74) is 8.01. The summed E-state index contributed by atoms with van der Waals surface area (Å²) in [4.78, 5) is 5.67. The van der Waals surface area contributed by atoms with Crippen molar-refractivity contribution in [1.29, 1.82) is 0 Å². The second-order valence-corrected chi connectivity index (χ2v) is 5.59. The van der Waals surface area contributed by atoms with Crippen LogP contribution in [0.1, 0.15) is 28.1 Å². The number of aromatic nitrogens is 1. The highest BCUT2D eigenvalue weighted by atomic mass is 32.1. The van der Waals surface area contributed by atoms with Crippen LogP contribution in [0, 0.1) is 6.92 Å². The molecule has 102 valence electrons. The van der Waals surface area contributed by atoms with E-state index in [1.807, 2.05) is 19.1 Å². The molecule has 0 bridgehead atoms. The maximum Gasteiger partial charge on any atom is 0.119 e. The Balaban J connectivity index is 1.88. The Hall–Kier alpha value is -1.39. The molecule has 0 fully saturated rings. The molecule has 0 atom stereocenters. The zero-order valence-corrected chi connectivity index (χ0v) is 12.3. The number of nitrogens with two attached hydrogens (primary N) is 1. The van der Waals surface area contributed by atoms with Crippen molar-refractivity contribution in [1.82, 2.24) is 4.98 Å². The van der Waals surface area contributed by atoms with Gasteiger partial charge in [0.1, 0.15) is 5.75 Å². The summed E-state index contributed by atoms with van der Waals surface area (Å²) in [6.45, 7) is 5.38. The Bertz CT molecular complexity index is 537. The lowest BCUT2D eigenvalue weighted by Crippen LogP contribution is -2.01. The molecule has 0 saturated heterocycles. The minimum absolute atomic E-state index is 0.572. The summed E-state index contributed by atoms with van der Waals surface area (Å²) in [5.74, 6) is 0.937. The summed E-state index contributed by atoms with van der Waals surface area (Å²) in [6.07, 6.45) is 1.87. The third-order valence-corrected chi connectivity index (χ3v) is 4.25. The topological polar surface area (TPSA) is 48.1 Å². The Morgan fingerprint density at radius 1 is 1.37 bits per heavy atom. The highest BCUT2D eigenvalue weighted by Crippen LogP contribution is 2.19. The summed E-state index contributed by atoms with van der Waals surface area (Å²) < 4.78 is 5.77. The van der Waals surface area contributed by atoms with Crippen LogP contribution >= 0.6 is 11.3 Å². The highest BCUT2D eigenvalue weighted by Gasteiger charge is 2.06. The van der Waals surface area contributed by atoms with Gasteiger partial charge in [0, 0.05) is 17.8 Å². The standard InChI is InChI=1S/C15H20N2OS/c1-3-12-5-4-6-13(9-12)18-8-7-15-17-11(2)14(10-16)19-15/h4-6,9H,3,7-8,10,16H2,1-2H3. The molecule has 0 aliphatic rings. The van der Waals surface area contributed by atoms with Crippen LogP contribution in [0.15, 0.2) is 24.3 Å². The highest BCUT2D eigenvalue weighted by molar-refractivity contribution is 7.11. The van der Waals surface area contributed by atoms with Crippen molar-refractivity contribution in [2.75, 3.05) is 6.61 Å². The zero-order valence-electron chi connectivity index (χ0n) is 11.5. The summed E-state index contributed by atoms with van der Waals surface area (Å²) in [6, 6.07) is 8.24. The molecule has 0 spiro atoms. The van der Waals surface area contributed by atoms with E-state index in [2.05, 4.69) is 24.0 Å². The summed E-state index contributed by atoms with van der Waals surface area (Å²) in [5, 5.41) is 1.10. The number of thiazole rings is 1. The molecule has 3 nitrogen and oxygen atoms in total. The molecule has 2 aromatic rings. The Kier molecular flexibility index (Phi) is 4.93. The first kappa shape index (κ1) is 14.0. The van der Waals surface area contributed by atoms with E-state index in [9.17, 15) is 0 Å². The van der Waals surface area contributed by atoms with Crippen molar-refractivity contribution < 1.29 is 4.74 Å². The average molecular weight is 276 g/mol. The molecule has 0 saturated carbocycles. The molecule has 1 aromatic carbocycles. The van der Waals surface area contributed by atoms with Gasteiger partial charge in [-0.15, -0.1) is 11.3 Å². The molecule has 2 rings (SSSR count). The minimum Gasteiger partial charge on any atom is -0.493 e. The van der Waals surface area contributed by atoms with Crippen LogP contribution < -0.4 is 10.5 Å². The van der Waals surface area contributed by atoms with E-state index in [4.69, 9.17) is 10.5 Å². The van der Waals surface area contributed by atoms with Gasteiger partial charge in [-0.1, -0.05) is 19.1 Å². The van der Waals surface area contributed by atoms with Crippen molar-refractivity contribution in [2.45, 2.75) is 33.2 Å². The van der Waals surface area contributed by atoms with Gasteiger partial charge in [-0.25, -0.2) is 4.98 Å². The van der Waals surface area contributed by atoms with Gasteiger partial charge in [-0.05, 0) is 31.0 Å². The summed E-state index contributed by atoms with van der Waals surface area (Å²) in [7, 11) is 0. The monoisotopic (exact) mass is 276 g/mol. The van der Waals surface area contributed by atoms with Gasteiger partial charge in [-0.2, -0.15) is 0 Å². The van der Waals surface area contributed by atoms with Crippen molar-refractivity contribution in [2.24, 2.45) is 5.73 Å². The predicted molar refractivity (Wildman–Crippen MR) is 79.8 cm³/mol. The van der Waals surface area contributed by atoms with Crippen molar-refractivity contribution in [3.05, 3.63) is 45.4 Å². The van der Waals surface area contributed by atoms with E-state index in [-0.39, 0.29) is 0 Å². The fraction of sp³-hybridized carbons (Fsp3) is 0.400. The van der Waals surface area contributed by atoms with Crippen molar-refractivity contribution >= 4 is 11.3 Å². The number of nitrogens with zero attached hydrogens (tertiary/aromatic N) is 1. The SMILES string of the molecule is CCc1cccc(OCCc2nc(C)c(CN)s2)c1. The number of hydrogen-bond donors (Lipinski definition) is 1. The molecule has 0 aliphatic heterocycles. The van der Waals surface area contributed by atoms with Crippen LogP contribution in [0.2, 0.25) is 0 Å². The second kappa shape index (κ2) is 6.68. The van der Waals surface area contributed by atoms with Crippen LogP contribution in [-0.4, -0.2) is 11.6 Å². The largest absolute Gasteiger partial charge is 0.493 e. The fourth-order valence-corrected chi connectivity index (χ4v) is 2.83. The second-order valence-electron chi connectivity index (χ2n) is 4.42. The third-order valence-electron chi connectivity index (χ3n) is 3.01. The van der Waals surface area contributed by atoms with E-state index in [1.165, 1.54) is 10.4 Å². The molecule has 0 radical (unpaired) electrons. The van der Waals surface area contributed by atoms with E-state index in [1.54, 1.807) is 11.3 Å². The molecule has 0 amide bonds. The molecule has 19 heavy (non-hydrogen) atoms. The van der Waals surface area contributed by atoms with Crippen LogP contribution in [0.3, 0.4) is 0 Å². The van der Waals surface area contributed by atoms with Gasteiger partial charge >= 0.3 is 0 Å². The molecule has 1 heterocycles. The zero-order chi connectivity index (χ0) is 13.7. The molecule has 2 N–H and O–H groups in total. The molecule has 0 aliphatic carbocycles. The van der Waals surface area contributed by atoms with Gasteiger partial charge < -0.3 is 10.5 Å². The first-order valence-corrected chi connectivity index (χ1v) is 7.41. The molecule has 4 heteroatoms. The van der Waals surface area contributed by atoms with Gasteiger partial charge in [-0.3, -0.25) is 0 Å². The smallest absolute Gasteiger partial charge is 0.119 e. The maximum atomic E-state index is 5.77. The van der Waals surface area contributed by atoms with E-state index in [0.29, 0.717) is 13.2 Å². The van der Waals surface area contributed by atoms with Gasteiger partial charge in [0.05, 0.1) is 17.3 Å². The summed E-state index contributed by atoms with van der Waals surface area (Å²) >= 11 is 1.69. The quantitative estimate of drug-likeness (QED) is 0.882. The lowest BCUT2D eigenvalue weighted by Gasteiger charge is -2.06. The number of rotatable bonds is 6. The van der Waals surface area contributed by atoms with Gasteiger partial charge in [0.15, 0.2) is 0 Å². The maximum absolute atomic E-state index is 5.77. The predicted octanol–water partition coefficient (Wildman–Crippen LogP) is 3.09. The number of ether oxygens (including phenoxy) is 1. The normalized spacial score (nSPS) is 10.7. The van der Waals surface area contributed by atoms with E-state index in [0.717, 1.165) is 29.3 Å².